The Labute approximate surface area is 116 Å². The first-order chi connectivity index (χ1) is 9.72. The Hall–Kier alpha value is -1.35. The maximum absolute atomic E-state index is 13.2. The van der Waals surface area contributed by atoms with Crippen molar-refractivity contribution >= 4 is 11.0 Å². The summed E-state index contributed by atoms with van der Waals surface area (Å²) in [5.41, 5.74) is 0.661. The molecule has 3 fully saturated rings. The number of rotatable bonds is 2. The van der Waals surface area contributed by atoms with Crippen LogP contribution < -0.4 is 0 Å². The van der Waals surface area contributed by atoms with Crippen LogP contribution in [0.2, 0.25) is 0 Å². The minimum Gasteiger partial charge on any atom is -0.458 e. The first kappa shape index (κ1) is 11.3. The lowest BCUT2D eigenvalue weighted by molar-refractivity contribution is 0.108. The molecule has 20 heavy (non-hydrogen) atoms. The van der Waals surface area contributed by atoms with Crippen molar-refractivity contribution in [1.82, 2.24) is 0 Å². The fraction of sp³-hybridized carbons (Fsp3) is 0.529. The predicted octanol–water partition coefficient (Wildman–Crippen LogP) is 3.90. The molecule has 2 aromatic rings. The number of benzene rings is 1. The minimum absolute atomic E-state index is 0.263. The van der Waals surface area contributed by atoms with Crippen LogP contribution in [-0.4, -0.2) is 5.11 Å². The van der Waals surface area contributed by atoms with Crippen molar-refractivity contribution in [3.05, 3.63) is 35.8 Å². The number of fused-ring (bicyclic) bond motifs is 6. The van der Waals surface area contributed by atoms with E-state index in [2.05, 4.69) is 0 Å². The zero-order valence-electron chi connectivity index (χ0n) is 11.1. The Kier molecular flexibility index (Phi) is 2.06. The van der Waals surface area contributed by atoms with Gasteiger partial charge in [0.05, 0.1) is 0 Å². The number of hydrogen-bond acceptors (Lipinski definition) is 2. The van der Waals surface area contributed by atoms with E-state index in [4.69, 9.17) is 4.42 Å². The van der Waals surface area contributed by atoms with E-state index >= 15 is 0 Å². The van der Waals surface area contributed by atoms with E-state index in [0.717, 1.165) is 17.2 Å². The van der Waals surface area contributed by atoms with E-state index in [1.807, 2.05) is 0 Å². The first-order valence-electron chi connectivity index (χ1n) is 7.59. The molecule has 1 aromatic carbocycles. The maximum Gasteiger partial charge on any atom is 0.134 e. The molecule has 5 unspecified atom stereocenters. The molecule has 0 saturated heterocycles. The van der Waals surface area contributed by atoms with Crippen LogP contribution in [0.1, 0.15) is 31.1 Å². The lowest BCUT2D eigenvalue weighted by Crippen LogP contribution is -2.07. The van der Waals surface area contributed by atoms with Gasteiger partial charge < -0.3 is 9.52 Å². The molecule has 2 nitrogen and oxygen atoms in total. The van der Waals surface area contributed by atoms with E-state index in [1.165, 1.54) is 31.4 Å². The summed E-state index contributed by atoms with van der Waals surface area (Å²) in [6, 6.07) is 6.30. The summed E-state index contributed by atoms with van der Waals surface area (Å²) in [5.74, 6) is 3.84. The van der Waals surface area contributed by atoms with Crippen LogP contribution in [-0.2, 0) is 0 Å². The molecule has 5 atom stereocenters. The monoisotopic (exact) mass is 272 g/mol. The summed E-state index contributed by atoms with van der Waals surface area (Å²) in [4.78, 5) is 0. The van der Waals surface area contributed by atoms with E-state index in [1.54, 1.807) is 12.1 Å². The van der Waals surface area contributed by atoms with Crippen molar-refractivity contribution in [2.24, 2.45) is 29.6 Å². The quantitative estimate of drug-likeness (QED) is 0.899. The third-order valence-corrected chi connectivity index (χ3v) is 5.95. The van der Waals surface area contributed by atoms with Crippen LogP contribution in [0, 0.1) is 35.4 Å². The Morgan fingerprint density at radius 2 is 1.90 bits per heavy atom. The van der Waals surface area contributed by atoms with Crippen LogP contribution in [0.4, 0.5) is 4.39 Å². The molecular formula is C17H17FO2. The minimum atomic E-state index is -0.510. The SMILES string of the molecule is OC(c1cc2cc(F)ccc2o1)C1C2C3CCC(C3)C21. The van der Waals surface area contributed by atoms with Gasteiger partial charge in [0, 0.05) is 5.39 Å². The summed E-state index contributed by atoms with van der Waals surface area (Å²) >= 11 is 0. The molecule has 2 bridgehead atoms. The normalized spacial score (nSPS) is 39.2. The van der Waals surface area contributed by atoms with Crippen LogP contribution in [0.5, 0.6) is 0 Å². The average Bonchev–Trinajstić information content (AvgIpc) is 2.81. The summed E-state index contributed by atoms with van der Waals surface area (Å²) in [5, 5.41) is 11.4. The lowest BCUT2D eigenvalue weighted by Gasteiger charge is -2.12. The smallest absolute Gasteiger partial charge is 0.134 e. The number of hydrogen-bond donors (Lipinski definition) is 1. The molecule has 0 radical (unpaired) electrons. The topological polar surface area (TPSA) is 33.4 Å². The number of aliphatic hydroxyl groups is 1. The summed E-state index contributed by atoms with van der Waals surface area (Å²) in [6.07, 6.45) is 3.56. The molecule has 3 saturated carbocycles. The fourth-order valence-corrected chi connectivity index (χ4v) is 5.19. The Morgan fingerprint density at radius 3 is 2.65 bits per heavy atom. The van der Waals surface area contributed by atoms with Gasteiger partial charge in [-0.3, -0.25) is 0 Å². The molecule has 5 rings (SSSR count). The largest absolute Gasteiger partial charge is 0.458 e. The Balaban J connectivity index is 1.47. The molecule has 104 valence electrons. The third kappa shape index (κ3) is 1.37. The lowest BCUT2D eigenvalue weighted by atomic mass is 9.98. The highest BCUT2D eigenvalue weighted by atomic mass is 19.1. The zero-order valence-corrected chi connectivity index (χ0v) is 11.1. The number of halogens is 1. The number of aliphatic hydroxyl groups excluding tert-OH is 1. The molecule has 1 N–H and O–H groups in total. The maximum atomic E-state index is 13.2. The van der Waals surface area contributed by atoms with E-state index in [9.17, 15) is 9.50 Å². The van der Waals surface area contributed by atoms with Gasteiger partial charge in [-0.15, -0.1) is 0 Å². The molecule has 0 aliphatic heterocycles. The third-order valence-electron chi connectivity index (χ3n) is 5.95. The van der Waals surface area contributed by atoms with E-state index in [0.29, 0.717) is 29.1 Å². The second kappa shape index (κ2) is 3.64. The van der Waals surface area contributed by atoms with Crippen molar-refractivity contribution in [2.75, 3.05) is 0 Å². The molecule has 1 heterocycles. The zero-order chi connectivity index (χ0) is 13.4. The van der Waals surface area contributed by atoms with Crippen molar-refractivity contribution in [1.29, 1.82) is 0 Å². The van der Waals surface area contributed by atoms with Gasteiger partial charge in [0.25, 0.3) is 0 Å². The van der Waals surface area contributed by atoms with Gasteiger partial charge in [-0.25, -0.2) is 4.39 Å². The van der Waals surface area contributed by atoms with E-state index < -0.39 is 6.10 Å². The molecule has 3 aliphatic rings. The van der Waals surface area contributed by atoms with Gasteiger partial charge in [0.1, 0.15) is 23.3 Å². The summed E-state index contributed by atoms with van der Waals surface area (Å²) in [6.45, 7) is 0. The highest BCUT2D eigenvalue weighted by molar-refractivity contribution is 5.78. The predicted molar refractivity (Wildman–Crippen MR) is 72.4 cm³/mol. The van der Waals surface area contributed by atoms with Crippen molar-refractivity contribution in [3.63, 3.8) is 0 Å². The molecule has 0 spiro atoms. The first-order valence-corrected chi connectivity index (χ1v) is 7.59. The van der Waals surface area contributed by atoms with Crippen molar-refractivity contribution < 1.29 is 13.9 Å². The van der Waals surface area contributed by atoms with Gasteiger partial charge in [-0.2, -0.15) is 0 Å². The fourth-order valence-electron chi connectivity index (χ4n) is 5.19. The Bertz CT molecular complexity index is 675. The van der Waals surface area contributed by atoms with Gasteiger partial charge in [-0.05, 0) is 73.1 Å². The highest BCUT2D eigenvalue weighted by Gasteiger charge is 2.67. The summed E-state index contributed by atoms with van der Waals surface area (Å²) < 4.78 is 18.9. The molecule has 3 aliphatic carbocycles. The molecular weight excluding hydrogens is 255 g/mol. The van der Waals surface area contributed by atoms with Crippen molar-refractivity contribution in [3.8, 4) is 0 Å². The van der Waals surface area contributed by atoms with Crippen LogP contribution >= 0.6 is 0 Å². The van der Waals surface area contributed by atoms with Crippen LogP contribution in [0.3, 0.4) is 0 Å². The summed E-state index contributed by atoms with van der Waals surface area (Å²) in [7, 11) is 0. The highest BCUT2D eigenvalue weighted by Crippen LogP contribution is 2.72. The second-order valence-corrected chi connectivity index (χ2v) is 6.84. The molecule has 0 amide bonds. The second-order valence-electron chi connectivity index (χ2n) is 6.84. The van der Waals surface area contributed by atoms with Crippen LogP contribution in [0.25, 0.3) is 11.0 Å². The standard InChI is InChI=1S/C17H17FO2/c18-11-3-4-12-10(6-11)7-13(20-12)17(19)16-14-8-1-2-9(5-8)15(14)16/h3-4,6-9,14-17,19H,1-2,5H2. The van der Waals surface area contributed by atoms with Gasteiger partial charge in [-0.1, -0.05) is 0 Å². The average molecular weight is 272 g/mol. The molecule has 1 aromatic heterocycles. The van der Waals surface area contributed by atoms with Crippen LogP contribution in [0.15, 0.2) is 28.7 Å². The van der Waals surface area contributed by atoms with Gasteiger partial charge in [0.15, 0.2) is 0 Å². The van der Waals surface area contributed by atoms with Crippen molar-refractivity contribution in [2.45, 2.75) is 25.4 Å². The Morgan fingerprint density at radius 1 is 1.15 bits per heavy atom. The van der Waals surface area contributed by atoms with Gasteiger partial charge >= 0.3 is 0 Å². The van der Waals surface area contributed by atoms with Gasteiger partial charge in [0.2, 0.25) is 0 Å². The molecule has 3 heteroatoms. The number of furan rings is 1. The van der Waals surface area contributed by atoms with E-state index in [-0.39, 0.29) is 5.82 Å².